The summed E-state index contributed by atoms with van der Waals surface area (Å²) in [4.78, 5) is 18.5. The van der Waals surface area contributed by atoms with Crippen molar-refractivity contribution in [3.05, 3.63) is 29.6 Å². The number of pyridine rings is 1. The Morgan fingerprint density at radius 3 is 2.89 bits per heavy atom. The average Bonchev–Trinajstić information content (AvgIpc) is 2.42. The van der Waals surface area contributed by atoms with Crippen LogP contribution in [0.25, 0.3) is 0 Å². The van der Waals surface area contributed by atoms with Gasteiger partial charge in [-0.3, -0.25) is 9.78 Å². The van der Waals surface area contributed by atoms with Crippen LogP contribution in [0.15, 0.2) is 18.3 Å². The number of aryl methyl sites for hydroxylation is 1. The van der Waals surface area contributed by atoms with Gasteiger partial charge in [0.1, 0.15) is 0 Å². The van der Waals surface area contributed by atoms with Crippen LogP contribution in [0.5, 0.6) is 0 Å². The molecule has 104 valence electrons. The molecule has 1 N–H and O–H groups in total. The largest absolute Gasteiger partial charge is 0.396 e. The summed E-state index contributed by atoms with van der Waals surface area (Å²) in [7, 11) is 0. The number of aromatic nitrogens is 1. The van der Waals surface area contributed by atoms with Crippen LogP contribution in [0.3, 0.4) is 0 Å². The predicted octanol–water partition coefficient (Wildman–Crippen LogP) is 1.55. The molecule has 1 fully saturated rings. The number of aliphatic hydroxyl groups excluding tert-OH is 1. The van der Waals surface area contributed by atoms with Gasteiger partial charge in [-0.25, -0.2) is 0 Å². The molecule has 0 spiro atoms. The molecule has 1 aromatic heterocycles. The Morgan fingerprint density at radius 1 is 1.47 bits per heavy atom. The maximum Gasteiger partial charge on any atom is 0.227 e. The zero-order valence-corrected chi connectivity index (χ0v) is 11.7. The lowest BCUT2D eigenvalue weighted by atomic mass is 9.93. The van der Waals surface area contributed by atoms with Gasteiger partial charge in [0.05, 0.1) is 6.42 Å². The van der Waals surface area contributed by atoms with Crippen LogP contribution in [-0.2, 0) is 11.2 Å². The Balaban J connectivity index is 2.00. The highest BCUT2D eigenvalue weighted by atomic mass is 16.3. The van der Waals surface area contributed by atoms with E-state index in [2.05, 4.69) is 11.9 Å². The fraction of sp³-hybridized carbons (Fsp3) is 0.600. The number of aliphatic hydroxyl groups is 1. The summed E-state index contributed by atoms with van der Waals surface area (Å²) in [5.74, 6) is 0.368. The molecule has 0 bridgehead atoms. The number of amides is 1. The standard InChI is InChI=1S/C15H22N2O2/c1-11-3-5-13(8-16-11)7-15(19)17-9-14(10-18)6-4-12(17)2/h3,5,8,12,14,18H,4,6-7,9-10H2,1-2H3. The lowest BCUT2D eigenvalue weighted by Crippen LogP contribution is -2.46. The van der Waals surface area contributed by atoms with Crippen molar-refractivity contribution in [3.8, 4) is 0 Å². The Labute approximate surface area is 114 Å². The molecule has 1 amide bonds. The van der Waals surface area contributed by atoms with Gasteiger partial charge in [-0.2, -0.15) is 0 Å². The molecule has 2 rings (SSSR count). The molecule has 1 saturated heterocycles. The highest BCUT2D eigenvalue weighted by Crippen LogP contribution is 2.22. The molecule has 1 aliphatic rings. The normalized spacial score (nSPS) is 23.4. The van der Waals surface area contributed by atoms with Gasteiger partial charge in [-0.15, -0.1) is 0 Å². The van der Waals surface area contributed by atoms with E-state index < -0.39 is 0 Å². The van der Waals surface area contributed by atoms with E-state index >= 15 is 0 Å². The maximum atomic E-state index is 12.3. The van der Waals surface area contributed by atoms with Crippen LogP contribution in [0.1, 0.15) is 31.0 Å². The van der Waals surface area contributed by atoms with Crippen molar-refractivity contribution in [2.45, 2.75) is 39.2 Å². The third-order valence-electron chi connectivity index (χ3n) is 3.89. The molecule has 19 heavy (non-hydrogen) atoms. The average molecular weight is 262 g/mol. The second-order valence-electron chi connectivity index (χ2n) is 5.51. The number of hydrogen-bond donors (Lipinski definition) is 1. The summed E-state index contributed by atoms with van der Waals surface area (Å²) < 4.78 is 0. The van der Waals surface area contributed by atoms with E-state index in [-0.39, 0.29) is 24.5 Å². The first kappa shape index (κ1) is 14.0. The Bertz CT molecular complexity index is 430. The second-order valence-corrected chi connectivity index (χ2v) is 5.51. The van der Waals surface area contributed by atoms with E-state index in [4.69, 9.17) is 0 Å². The Morgan fingerprint density at radius 2 is 2.26 bits per heavy atom. The van der Waals surface area contributed by atoms with Crippen molar-refractivity contribution in [2.24, 2.45) is 5.92 Å². The van der Waals surface area contributed by atoms with Crippen LogP contribution in [0, 0.1) is 12.8 Å². The molecule has 2 heterocycles. The zero-order valence-electron chi connectivity index (χ0n) is 11.7. The van der Waals surface area contributed by atoms with Crippen molar-refractivity contribution in [2.75, 3.05) is 13.2 Å². The summed E-state index contributed by atoms with van der Waals surface area (Å²) >= 11 is 0. The van der Waals surface area contributed by atoms with E-state index in [1.807, 2.05) is 24.0 Å². The first-order chi connectivity index (χ1) is 9.10. The zero-order chi connectivity index (χ0) is 13.8. The first-order valence-corrected chi connectivity index (χ1v) is 6.92. The molecule has 4 heteroatoms. The summed E-state index contributed by atoms with van der Waals surface area (Å²) in [5, 5.41) is 9.25. The predicted molar refractivity (Wildman–Crippen MR) is 73.7 cm³/mol. The number of carbonyl (C=O) groups is 1. The van der Waals surface area contributed by atoms with E-state index in [1.54, 1.807) is 6.20 Å². The third-order valence-corrected chi connectivity index (χ3v) is 3.89. The summed E-state index contributed by atoms with van der Waals surface area (Å²) in [5.41, 5.74) is 1.91. The van der Waals surface area contributed by atoms with Gasteiger partial charge in [0.2, 0.25) is 5.91 Å². The second kappa shape index (κ2) is 6.15. The highest BCUT2D eigenvalue weighted by Gasteiger charge is 2.28. The van der Waals surface area contributed by atoms with Crippen LogP contribution in [0.4, 0.5) is 0 Å². The molecule has 4 nitrogen and oxygen atoms in total. The van der Waals surface area contributed by atoms with Crippen molar-refractivity contribution < 1.29 is 9.90 Å². The van der Waals surface area contributed by atoms with Crippen LogP contribution in [-0.4, -0.2) is 40.1 Å². The smallest absolute Gasteiger partial charge is 0.227 e. The highest BCUT2D eigenvalue weighted by molar-refractivity contribution is 5.79. The van der Waals surface area contributed by atoms with E-state index in [0.717, 1.165) is 24.1 Å². The van der Waals surface area contributed by atoms with E-state index in [9.17, 15) is 9.90 Å². The van der Waals surface area contributed by atoms with Gasteiger partial charge in [0.15, 0.2) is 0 Å². The van der Waals surface area contributed by atoms with Crippen LogP contribution >= 0.6 is 0 Å². The fourth-order valence-corrected chi connectivity index (χ4v) is 2.56. The molecule has 0 aliphatic carbocycles. The maximum absolute atomic E-state index is 12.3. The molecular weight excluding hydrogens is 240 g/mol. The molecule has 0 radical (unpaired) electrons. The van der Waals surface area contributed by atoms with Gasteiger partial charge in [0, 0.05) is 31.1 Å². The number of nitrogens with zero attached hydrogens (tertiary/aromatic N) is 2. The monoisotopic (exact) mass is 262 g/mol. The minimum absolute atomic E-state index is 0.135. The molecule has 1 aromatic rings. The molecule has 2 atom stereocenters. The number of rotatable bonds is 3. The number of piperidine rings is 1. The number of hydrogen-bond acceptors (Lipinski definition) is 3. The van der Waals surface area contributed by atoms with Crippen molar-refractivity contribution in [1.82, 2.24) is 9.88 Å². The quantitative estimate of drug-likeness (QED) is 0.899. The SMILES string of the molecule is Cc1ccc(CC(=O)N2CC(CO)CCC2C)cn1. The minimum Gasteiger partial charge on any atom is -0.396 e. The number of carbonyl (C=O) groups excluding carboxylic acids is 1. The third kappa shape index (κ3) is 3.53. The lowest BCUT2D eigenvalue weighted by molar-refractivity contribution is -0.135. The molecule has 1 aliphatic heterocycles. The summed E-state index contributed by atoms with van der Waals surface area (Å²) in [6.07, 6.45) is 4.15. The van der Waals surface area contributed by atoms with Gasteiger partial charge in [-0.1, -0.05) is 6.07 Å². The Kier molecular flexibility index (Phi) is 4.53. The van der Waals surface area contributed by atoms with Gasteiger partial charge < -0.3 is 10.0 Å². The summed E-state index contributed by atoms with van der Waals surface area (Å²) in [6, 6.07) is 4.16. The Hall–Kier alpha value is -1.42. The first-order valence-electron chi connectivity index (χ1n) is 6.92. The fourth-order valence-electron chi connectivity index (χ4n) is 2.56. The van der Waals surface area contributed by atoms with Gasteiger partial charge in [-0.05, 0) is 44.2 Å². The van der Waals surface area contributed by atoms with Gasteiger partial charge >= 0.3 is 0 Å². The van der Waals surface area contributed by atoms with E-state index in [0.29, 0.717) is 13.0 Å². The molecular formula is C15H22N2O2. The molecule has 0 saturated carbocycles. The summed E-state index contributed by atoms with van der Waals surface area (Å²) in [6.45, 7) is 4.86. The van der Waals surface area contributed by atoms with Crippen molar-refractivity contribution in [1.29, 1.82) is 0 Å². The van der Waals surface area contributed by atoms with Crippen LogP contribution < -0.4 is 0 Å². The van der Waals surface area contributed by atoms with Crippen LogP contribution in [0.2, 0.25) is 0 Å². The molecule has 0 aromatic carbocycles. The van der Waals surface area contributed by atoms with Crippen molar-refractivity contribution in [3.63, 3.8) is 0 Å². The lowest BCUT2D eigenvalue weighted by Gasteiger charge is -2.37. The van der Waals surface area contributed by atoms with Gasteiger partial charge in [0.25, 0.3) is 0 Å². The molecule has 2 unspecified atom stereocenters. The van der Waals surface area contributed by atoms with Crippen molar-refractivity contribution >= 4 is 5.91 Å². The van der Waals surface area contributed by atoms with E-state index in [1.165, 1.54) is 0 Å². The topological polar surface area (TPSA) is 53.4 Å². The number of likely N-dealkylation sites (tertiary alicyclic amines) is 1. The minimum atomic E-state index is 0.135.